The van der Waals surface area contributed by atoms with Crippen molar-refractivity contribution in [3.05, 3.63) is 11.6 Å². The Morgan fingerprint density at radius 2 is 1.96 bits per heavy atom. The SMILES string of the molecule is CCOC(CCNC(=NC)NCCCc1nnc2n1CCCCC2)C(C)C.I. The number of ether oxygens (including phenoxy) is 1. The average molecular weight is 506 g/mol. The molecule has 0 fully saturated rings. The molecule has 0 radical (unpaired) electrons. The molecule has 2 rings (SSSR count). The third-order valence-electron chi connectivity index (χ3n) is 5.12. The van der Waals surface area contributed by atoms with Crippen LogP contribution in [-0.4, -0.2) is 53.6 Å². The van der Waals surface area contributed by atoms with Crippen LogP contribution in [0.5, 0.6) is 0 Å². The number of nitrogens with zero attached hydrogens (tertiary/aromatic N) is 4. The van der Waals surface area contributed by atoms with Crippen molar-refractivity contribution in [1.82, 2.24) is 25.4 Å². The molecule has 0 aliphatic carbocycles. The molecule has 1 aromatic rings. The van der Waals surface area contributed by atoms with Crippen molar-refractivity contribution in [3.63, 3.8) is 0 Å². The zero-order valence-electron chi connectivity index (χ0n) is 18.0. The summed E-state index contributed by atoms with van der Waals surface area (Å²) >= 11 is 0. The van der Waals surface area contributed by atoms with Crippen LogP contribution in [0.3, 0.4) is 0 Å². The smallest absolute Gasteiger partial charge is 0.190 e. The molecule has 162 valence electrons. The molecule has 1 atom stereocenters. The van der Waals surface area contributed by atoms with Crippen molar-refractivity contribution < 1.29 is 4.74 Å². The molecule has 0 spiro atoms. The quantitative estimate of drug-likeness (QED) is 0.221. The highest BCUT2D eigenvalue weighted by Crippen LogP contribution is 2.15. The maximum absolute atomic E-state index is 5.80. The zero-order valence-corrected chi connectivity index (χ0v) is 20.4. The van der Waals surface area contributed by atoms with E-state index in [4.69, 9.17) is 4.74 Å². The van der Waals surface area contributed by atoms with Gasteiger partial charge in [-0.25, -0.2) is 0 Å². The van der Waals surface area contributed by atoms with Gasteiger partial charge in [0.15, 0.2) is 5.96 Å². The van der Waals surface area contributed by atoms with Crippen molar-refractivity contribution >= 4 is 29.9 Å². The highest BCUT2D eigenvalue weighted by molar-refractivity contribution is 14.0. The Kier molecular flexibility index (Phi) is 12.7. The minimum absolute atomic E-state index is 0. The van der Waals surface area contributed by atoms with E-state index in [2.05, 4.69) is 51.2 Å². The number of guanidine groups is 1. The largest absolute Gasteiger partial charge is 0.378 e. The summed E-state index contributed by atoms with van der Waals surface area (Å²) in [6, 6.07) is 0. The molecule has 0 aromatic carbocycles. The molecule has 0 saturated carbocycles. The van der Waals surface area contributed by atoms with Crippen LogP contribution in [0.25, 0.3) is 0 Å². The molecule has 0 saturated heterocycles. The predicted molar refractivity (Wildman–Crippen MR) is 126 cm³/mol. The summed E-state index contributed by atoms with van der Waals surface area (Å²) in [5.41, 5.74) is 0. The van der Waals surface area contributed by atoms with Gasteiger partial charge in [0, 0.05) is 46.1 Å². The fourth-order valence-corrected chi connectivity index (χ4v) is 3.56. The molecule has 2 N–H and O–H groups in total. The first-order chi connectivity index (χ1) is 13.2. The van der Waals surface area contributed by atoms with Gasteiger partial charge in [-0.15, -0.1) is 34.2 Å². The highest BCUT2D eigenvalue weighted by Gasteiger charge is 2.15. The summed E-state index contributed by atoms with van der Waals surface area (Å²) < 4.78 is 8.13. The van der Waals surface area contributed by atoms with E-state index in [1.807, 2.05) is 7.05 Å². The van der Waals surface area contributed by atoms with Gasteiger partial charge >= 0.3 is 0 Å². The molecule has 28 heavy (non-hydrogen) atoms. The molecular weight excluding hydrogens is 467 g/mol. The minimum Gasteiger partial charge on any atom is -0.378 e. The van der Waals surface area contributed by atoms with Crippen LogP contribution in [0, 0.1) is 5.92 Å². The summed E-state index contributed by atoms with van der Waals surface area (Å²) in [5.74, 6) is 3.68. The fraction of sp³-hybridized carbons (Fsp3) is 0.850. The number of halogens is 1. The monoisotopic (exact) mass is 506 g/mol. The maximum Gasteiger partial charge on any atom is 0.190 e. The van der Waals surface area contributed by atoms with Crippen molar-refractivity contribution in [3.8, 4) is 0 Å². The Morgan fingerprint density at radius 1 is 1.18 bits per heavy atom. The topological polar surface area (TPSA) is 76.4 Å². The summed E-state index contributed by atoms with van der Waals surface area (Å²) in [7, 11) is 1.82. The highest BCUT2D eigenvalue weighted by atomic mass is 127. The summed E-state index contributed by atoms with van der Waals surface area (Å²) in [6.07, 6.45) is 8.10. The number of aliphatic imine (C=N–C) groups is 1. The Bertz CT molecular complexity index is 575. The molecular formula is C20H39IN6O. The van der Waals surface area contributed by atoms with Crippen LogP contribution in [-0.2, 0) is 24.1 Å². The van der Waals surface area contributed by atoms with E-state index >= 15 is 0 Å². The molecule has 0 bridgehead atoms. The van der Waals surface area contributed by atoms with Crippen LogP contribution in [0.15, 0.2) is 4.99 Å². The summed E-state index contributed by atoms with van der Waals surface area (Å²) in [6.45, 7) is 10.0. The normalized spacial score (nSPS) is 15.5. The molecule has 1 aliphatic rings. The van der Waals surface area contributed by atoms with Crippen molar-refractivity contribution in [2.24, 2.45) is 10.9 Å². The van der Waals surface area contributed by atoms with Gasteiger partial charge in [-0.2, -0.15) is 0 Å². The van der Waals surface area contributed by atoms with Gasteiger partial charge < -0.3 is 19.9 Å². The van der Waals surface area contributed by atoms with Gasteiger partial charge in [-0.05, 0) is 38.5 Å². The van der Waals surface area contributed by atoms with E-state index in [1.165, 1.54) is 25.1 Å². The predicted octanol–water partition coefficient (Wildman–Crippen LogP) is 3.17. The van der Waals surface area contributed by atoms with Crippen LogP contribution < -0.4 is 10.6 Å². The Morgan fingerprint density at radius 3 is 2.68 bits per heavy atom. The van der Waals surface area contributed by atoms with Gasteiger partial charge in [-0.3, -0.25) is 4.99 Å². The van der Waals surface area contributed by atoms with E-state index < -0.39 is 0 Å². The second-order valence-electron chi connectivity index (χ2n) is 7.55. The lowest BCUT2D eigenvalue weighted by molar-refractivity contribution is 0.0258. The number of fused-ring (bicyclic) bond motifs is 1. The Labute approximate surface area is 187 Å². The van der Waals surface area contributed by atoms with Gasteiger partial charge in [0.2, 0.25) is 0 Å². The number of aryl methyl sites for hydroxylation is 2. The van der Waals surface area contributed by atoms with Crippen LogP contribution in [0.2, 0.25) is 0 Å². The van der Waals surface area contributed by atoms with Crippen molar-refractivity contribution in [2.75, 3.05) is 26.7 Å². The number of nitrogens with one attached hydrogen (secondary N) is 2. The van der Waals surface area contributed by atoms with E-state index in [0.29, 0.717) is 12.0 Å². The third-order valence-corrected chi connectivity index (χ3v) is 5.12. The van der Waals surface area contributed by atoms with Crippen molar-refractivity contribution in [1.29, 1.82) is 0 Å². The zero-order chi connectivity index (χ0) is 19.5. The first-order valence-corrected chi connectivity index (χ1v) is 10.6. The van der Waals surface area contributed by atoms with Gasteiger partial charge in [-0.1, -0.05) is 20.3 Å². The standard InChI is InChI=1S/C20H38N6O.HI/c1-5-27-17(16(2)3)12-14-23-20(21-4)22-13-9-11-19-25-24-18-10-7-6-8-15-26(18)19;/h16-17H,5-15H2,1-4H3,(H2,21,22,23);1H. The number of aromatic nitrogens is 3. The van der Waals surface area contributed by atoms with Gasteiger partial charge in [0.1, 0.15) is 11.6 Å². The van der Waals surface area contributed by atoms with E-state index in [-0.39, 0.29) is 24.0 Å². The van der Waals surface area contributed by atoms with E-state index in [9.17, 15) is 0 Å². The first-order valence-electron chi connectivity index (χ1n) is 10.6. The van der Waals surface area contributed by atoms with Crippen LogP contribution >= 0.6 is 24.0 Å². The van der Waals surface area contributed by atoms with Crippen LogP contribution in [0.4, 0.5) is 0 Å². The van der Waals surface area contributed by atoms with Gasteiger partial charge in [0.05, 0.1) is 6.10 Å². The molecule has 0 amide bonds. The maximum atomic E-state index is 5.80. The molecule has 7 nitrogen and oxygen atoms in total. The first kappa shape index (κ1) is 25.1. The Balaban J connectivity index is 0.00000392. The lowest BCUT2D eigenvalue weighted by Gasteiger charge is -2.21. The summed E-state index contributed by atoms with van der Waals surface area (Å²) in [5, 5.41) is 15.6. The second-order valence-corrected chi connectivity index (χ2v) is 7.55. The minimum atomic E-state index is 0. The lowest BCUT2D eigenvalue weighted by atomic mass is 10.0. The number of rotatable bonds is 10. The molecule has 2 heterocycles. The molecule has 1 unspecified atom stereocenters. The summed E-state index contributed by atoms with van der Waals surface area (Å²) in [4.78, 5) is 4.31. The molecule has 1 aliphatic heterocycles. The molecule has 8 heteroatoms. The van der Waals surface area contributed by atoms with Crippen LogP contribution in [0.1, 0.15) is 64.5 Å². The molecule has 1 aromatic heterocycles. The average Bonchev–Trinajstić information content (AvgIpc) is 2.88. The third kappa shape index (κ3) is 8.23. The van der Waals surface area contributed by atoms with Gasteiger partial charge in [0.25, 0.3) is 0 Å². The fourth-order valence-electron chi connectivity index (χ4n) is 3.56. The Hall–Kier alpha value is -0.900. The lowest BCUT2D eigenvalue weighted by Crippen LogP contribution is -2.39. The number of hydrogen-bond acceptors (Lipinski definition) is 4. The number of hydrogen-bond donors (Lipinski definition) is 2. The van der Waals surface area contributed by atoms with Crippen molar-refractivity contribution in [2.45, 2.75) is 78.4 Å². The van der Waals surface area contributed by atoms with E-state index in [1.54, 1.807) is 0 Å². The van der Waals surface area contributed by atoms with E-state index in [0.717, 1.165) is 63.7 Å². The second kappa shape index (κ2) is 14.1.